The second-order valence-corrected chi connectivity index (χ2v) is 5.60. The van der Waals surface area contributed by atoms with Crippen LogP contribution < -0.4 is 4.74 Å². The standard InChI is InChI=1S/C15H12F5N5O/c1-8(15(18,19)20)26-12-4-3-9(5-22-12)10-7-25-11(6-21-10)23-24-13(25)14(2,16)17/h3-8H,1-2H3/t8-/m0/s1. The SMILES string of the molecule is C[C@H](Oc1ccc(-c2cn3c(C(C)(F)F)nnc3cn2)cn1)C(F)(F)F. The van der Waals surface area contributed by atoms with Gasteiger partial charge in [-0.15, -0.1) is 10.2 Å². The fourth-order valence-corrected chi connectivity index (χ4v) is 2.10. The molecule has 0 saturated heterocycles. The Labute approximate surface area is 143 Å². The summed E-state index contributed by atoms with van der Waals surface area (Å²) in [5.41, 5.74) is 0.806. The number of aromatic nitrogens is 5. The topological polar surface area (TPSA) is 65.2 Å². The third-order valence-corrected chi connectivity index (χ3v) is 3.48. The smallest absolute Gasteiger partial charge is 0.425 e. The van der Waals surface area contributed by atoms with E-state index in [4.69, 9.17) is 4.74 Å². The van der Waals surface area contributed by atoms with E-state index in [1.54, 1.807) is 0 Å². The van der Waals surface area contributed by atoms with Gasteiger partial charge in [0.1, 0.15) is 0 Å². The van der Waals surface area contributed by atoms with E-state index in [0.29, 0.717) is 12.5 Å². The first kappa shape index (κ1) is 18.0. The zero-order valence-electron chi connectivity index (χ0n) is 13.5. The van der Waals surface area contributed by atoms with Gasteiger partial charge in [0.25, 0.3) is 0 Å². The summed E-state index contributed by atoms with van der Waals surface area (Å²) >= 11 is 0. The van der Waals surface area contributed by atoms with Gasteiger partial charge in [0.2, 0.25) is 11.7 Å². The Balaban J connectivity index is 1.90. The van der Waals surface area contributed by atoms with E-state index in [2.05, 4.69) is 20.2 Å². The molecule has 0 N–H and O–H groups in total. The summed E-state index contributed by atoms with van der Waals surface area (Å²) in [4.78, 5) is 7.87. The van der Waals surface area contributed by atoms with Crippen molar-refractivity contribution in [2.75, 3.05) is 0 Å². The molecule has 3 heterocycles. The average Bonchev–Trinajstić information content (AvgIpc) is 2.98. The first-order valence-electron chi connectivity index (χ1n) is 7.34. The lowest BCUT2D eigenvalue weighted by Crippen LogP contribution is -2.31. The molecule has 0 aliphatic rings. The van der Waals surface area contributed by atoms with Crippen molar-refractivity contribution >= 4 is 5.65 Å². The number of fused-ring (bicyclic) bond motifs is 1. The lowest BCUT2D eigenvalue weighted by Gasteiger charge is -2.16. The fourth-order valence-electron chi connectivity index (χ4n) is 2.10. The van der Waals surface area contributed by atoms with Crippen LogP contribution in [0, 0.1) is 0 Å². The van der Waals surface area contributed by atoms with Crippen LogP contribution >= 0.6 is 0 Å². The third-order valence-electron chi connectivity index (χ3n) is 3.48. The highest BCUT2D eigenvalue weighted by Gasteiger charge is 2.38. The molecule has 0 radical (unpaired) electrons. The molecule has 11 heteroatoms. The Morgan fingerprint density at radius 1 is 1.04 bits per heavy atom. The van der Waals surface area contributed by atoms with Gasteiger partial charge in [-0.25, -0.2) is 4.98 Å². The maximum atomic E-state index is 13.6. The van der Waals surface area contributed by atoms with Crippen molar-refractivity contribution in [3.63, 3.8) is 0 Å². The van der Waals surface area contributed by atoms with Gasteiger partial charge in [-0.3, -0.25) is 9.38 Å². The Hall–Kier alpha value is -2.85. The Morgan fingerprint density at radius 3 is 2.35 bits per heavy atom. The van der Waals surface area contributed by atoms with Crippen molar-refractivity contribution in [3.8, 4) is 17.1 Å². The molecular formula is C15H12F5N5O. The van der Waals surface area contributed by atoms with E-state index in [-0.39, 0.29) is 17.2 Å². The van der Waals surface area contributed by atoms with Crippen LogP contribution in [0.4, 0.5) is 22.0 Å². The van der Waals surface area contributed by atoms with Crippen molar-refractivity contribution < 1.29 is 26.7 Å². The minimum atomic E-state index is -4.51. The van der Waals surface area contributed by atoms with Crippen LogP contribution in [-0.2, 0) is 5.92 Å². The summed E-state index contributed by atoms with van der Waals surface area (Å²) in [6.45, 7) is 1.56. The molecule has 3 aromatic heterocycles. The highest BCUT2D eigenvalue weighted by Crippen LogP contribution is 2.28. The number of ether oxygens (including phenoxy) is 1. The number of hydrogen-bond donors (Lipinski definition) is 0. The molecule has 138 valence electrons. The van der Waals surface area contributed by atoms with E-state index >= 15 is 0 Å². The lowest BCUT2D eigenvalue weighted by molar-refractivity contribution is -0.189. The molecule has 6 nitrogen and oxygen atoms in total. The van der Waals surface area contributed by atoms with Gasteiger partial charge < -0.3 is 4.74 Å². The maximum absolute atomic E-state index is 13.6. The number of pyridine rings is 1. The third kappa shape index (κ3) is 3.55. The highest BCUT2D eigenvalue weighted by atomic mass is 19.4. The van der Waals surface area contributed by atoms with Crippen molar-refractivity contribution in [3.05, 3.63) is 36.5 Å². The highest BCUT2D eigenvalue weighted by molar-refractivity contribution is 5.59. The predicted molar refractivity (Wildman–Crippen MR) is 79.7 cm³/mol. The summed E-state index contributed by atoms with van der Waals surface area (Å²) in [5.74, 6) is -3.98. The second-order valence-electron chi connectivity index (χ2n) is 5.60. The van der Waals surface area contributed by atoms with Gasteiger partial charge in [0.15, 0.2) is 11.8 Å². The zero-order valence-corrected chi connectivity index (χ0v) is 13.5. The number of hydrogen-bond acceptors (Lipinski definition) is 5. The van der Waals surface area contributed by atoms with E-state index in [9.17, 15) is 22.0 Å². The molecule has 0 saturated carbocycles. The normalized spacial score (nSPS) is 13.8. The van der Waals surface area contributed by atoms with Crippen LogP contribution in [0.1, 0.15) is 19.7 Å². The minimum Gasteiger partial charge on any atom is -0.465 e. The van der Waals surface area contributed by atoms with Crippen LogP contribution in [-0.4, -0.2) is 36.8 Å². The summed E-state index contributed by atoms with van der Waals surface area (Å²) in [7, 11) is 0. The van der Waals surface area contributed by atoms with Crippen molar-refractivity contribution in [2.24, 2.45) is 0 Å². The molecule has 0 amide bonds. The summed E-state index contributed by atoms with van der Waals surface area (Å²) < 4.78 is 70.4. The maximum Gasteiger partial charge on any atom is 0.425 e. The summed E-state index contributed by atoms with van der Waals surface area (Å²) in [6, 6.07) is 2.67. The van der Waals surface area contributed by atoms with Crippen molar-refractivity contribution in [1.29, 1.82) is 0 Å². The zero-order chi connectivity index (χ0) is 19.1. The predicted octanol–water partition coefficient (Wildman–Crippen LogP) is 3.63. The largest absolute Gasteiger partial charge is 0.465 e. The summed E-state index contributed by atoms with van der Waals surface area (Å²) in [5, 5.41) is 7.07. The Bertz CT molecular complexity index is 917. The first-order chi connectivity index (χ1) is 12.1. The van der Waals surface area contributed by atoms with Crippen LogP contribution in [0.25, 0.3) is 16.9 Å². The molecule has 0 aromatic carbocycles. The van der Waals surface area contributed by atoms with E-state index in [1.807, 2.05) is 0 Å². The Kier molecular flexibility index (Phi) is 4.24. The van der Waals surface area contributed by atoms with Crippen LogP contribution in [0.2, 0.25) is 0 Å². The van der Waals surface area contributed by atoms with Gasteiger partial charge in [0.05, 0.1) is 11.9 Å². The van der Waals surface area contributed by atoms with E-state index in [0.717, 1.165) is 11.3 Å². The Morgan fingerprint density at radius 2 is 1.77 bits per heavy atom. The molecule has 0 unspecified atom stereocenters. The molecular weight excluding hydrogens is 361 g/mol. The second kappa shape index (κ2) is 6.15. The van der Waals surface area contributed by atoms with Crippen LogP contribution in [0.3, 0.4) is 0 Å². The van der Waals surface area contributed by atoms with Crippen molar-refractivity contribution in [1.82, 2.24) is 24.6 Å². The number of rotatable bonds is 4. The number of halogens is 5. The molecule has 0 fully saturated rings. The van der Waals surface area contributed by atoms with E-state index < -0.39 is 24.0 Å². The molecule has 3 rings (SSSR count). The minimum absolute atomic E-state index is 0.136. The first-order valence-corrected chi connectivity index (χ1v) is 7.34. The fraction of sp³-hybridized carbons (Fsp3) is 0.333. The number of nitrogens with zero attached hydrogens (tertiary/aromatic N) is 5. The molecule has 0 bridgehead atoms. The van der Waals surface area contributed by atoms with Crippen LogP contribution in [0.15, 0.2) is 30.7 Å². The number of alkyl halides is 5. The molecule has 3 aromatic rings. The van der Waals surface area contributed by atoms with Gasteiger partial charge in [0, 0.05) is 30.9 Å². The quantitative estimate of drug-likeness (QED) is 0.654. The molecule has 0 spiro atoms. The van der Waals surface area contributed by atoms with Crippen molar-refractivity contribution in [2.45, 2.75) is 32.1 Å². The monoisotopic (exact) mass is 373 g/mol. The van der Waals surface area contributed by atoms with Gasteiger partial charge in [-0.2, -0.15) is 22.0 Å². The molecule has 0 aliphatic heterocycles. The lowest BCUT2D eigenvalue weighted by atomic mass is 10.2. The summed E-state index contributed by atoms with van der Waals surface area (Å²) in [6.07, 6.45) is -2.73. The average molecular weight is 373 g/mol. The van der Waals surface area contributed by atoms with E-state index in [1.165, 1.54) is 30.7 Å². The van der Waals surface area contributed by atoms with Gasteiger partial charge >= 0.3 is 12.1 Å². The van der Waals surface area contributed by atoms with Gasteiger partial charge in [-0.05, 0) is 13.0 Å². The molecule has 0 aliphatic carbocycles. The van der Waals surface area contributed by atoms with Gasteiger partial charge in [-0.1, -0.05) is 0 Å². The molecule has 1 atom stereocenters. The molecule has 26 heavy (non-hydrogen) atoms. The van der Waals surface area contributed by atoms with Crippen LogP contribution in [0.5, 0.6) is 5.88 Å².